The van der Waals surface area contributed by atoms with Crippen LogP contribution in [0.15, 0.2) is 0 Å². The van der Waals surface area contributed by atoms with E-state index in [9.17, 15) is 5.11 Å². The van der Waals surface area contributed by atoms with Gasteiger partial charge in [-0.1, -0.05) is 0 Å². The van der Waals surface area contributed by atoms with Crippen LogP contribution in [0.25, 0.3) is 0 Å². The predicted octanol–water partition coefficient (Wildman–Crippen LogP) is -1.69. The summed E-state index contributed by atoms with van der Waals surface area (Å²) in [5.41, 5.74) is 4.72. The zero-order valence-corrected chi connectivity index (χ0v) is 2.40. The molecule has 0 spiro atoms. The van der Waals surface area contributed by atoms with Gasteiger partial charge in [-0.3, -0.25) is 0 Å². The Bertz CT molecular complexity index is 8.00. The summed E-state index contributed by atoms with van der Waals surface area (Å²) in [6.07, 6.45) is 0. The fourth-order valence-electron chi connectivity index (χ4n) is 0. The van der Waals surface area contributed by atoms with Gasteiger partial charge in [0, 0.05) is 0 Å². The highest BCUT2D eigenvalue weighted by Gasteiger charge is 1.43. The van der Waals surface area contributed by atoms with Crippen LogP contribution in [0, 0.1) is 0 Å². The molecule has 0 aromatic rings. The topological polar surface area (TPSA) is 49.1 Å². The Hall–Kier alpha value is -0.0800. The van der Waals surface area contributed by atoms with E-state index in [4.69, 9.17) is 5.73 Å². The normalized spacial score (nSPS) is 7.50. The lowest BCUT2D eigenvalue weighted by Gasteiger charge is -1.90. The van der Waals surface area contributed by atoms with E-state index >= 15 is 0 Å². The van der Waals surface area contributed by atoms with Crippen molar-refractivity contribution < 1.29 is 5.11 Å². The Labute approximate surface area is 25.2 Å². The second kappa shape index (κ2) is 2.92. The summed E-state index contributed by atoms with van der Waals surface area (Å²) in [5, 5.41) is 9.17. The molecule has 0 aliphatic heterocycles. The van der Waals surface area contributed by atoms with E-state index in [1.807, 2.05) is 0 Å². The van der Waals surface area contributed by atoms with Crippen molar-refractivity contribution in [2.75, 3.05) is 13.2 Å². The van der Waals surface area contributed by atoms with Gasteiger partial charge in [0.1, 0.15) is 0 Å². The van der Waals surface area contributed by atoms with Crippen LogP contribution in [0.3, 0.4) is 0 Å². The van der Waals surface area contributed by atoms with Gasteiger partial charge in [0.25, 0.3) is 0 Å². The fourth-order valence-corrected chi connectivity index (χ4v) is 0. The average Bonchev–Trinajstić information content (AvgIpc) is 1.37. The molecule has 0 unspecified atom stereocenters. The third kappa shape index (κ3) is 1.92. The molecule has 26 valence electrons. The minimum absolute atomic E-state index is 0.153. The largest absolute Gasteiger partial charge is 0.854 e. The Kier molecular flexibility index (Phi) is 2.86. The van der Waals surface area contributed by atoms with Crippen LogP contribution in [0.5, 0.6) is 0 Å². The second-order valence-electron chi connectivity index (χ2n) is 0.493. The van der Waals surface area contributed by atoms with Crippen molar-refractivity contribution in [1.82, 2.24) is 0 Å². The molecule has 0 atom stereocenters. The third-order valence-electron chi connectivity index (χ3n) is 0.118. The van der Waals surface area contributed by atoms with Gasteiger partial charge < -0.3 is 10.8 Å². The standard InChI is InChI=1S/C2H6NO/c3-1-2-4/h1-3H2/q-1. The zero-order chi connectivity index (χ0) is 3.41. The predicted molar refractivity (Wildman–Crippen MR) is 13.9 cm³/mol. The Morgan fingerprint density at radius 2 is 2.00 bits per heavy atom. The molecule has 2 N–H and O–H groups in total. The maximum atomic E-state index is 9.17. The maximum absolute atomic E-state index is 9.17. The molecule has 0 saturated carbocycles. The molecule has 0 heterocycles. The molecule has 0 aliphatic carbocycles. The van der Waals surface area contributed by atoms with Gasteiger partial charge in [-0.2, -0.15) is 0 Å². The summed E-state index contributed by atoms with van der Waals surface area (Å²) < 4.78 is 0. The minimum atomic E-state index is -0.153. The molecule has 0 radical (unpaired) electrons. The van der Waals surface area contributed by atoms with Gasteiger partial charge in [0.15, 0.2) is 0 Å². The van der Waals surface area contributed by atoms with Crippen LogP contribution in [0.4, 0.5) is 0 Å². The smallest absolute Gasteiger partial charge is 0.0231 e. The minimum Gasteiger partial charge on any atom is -0.854 e. The van der Waals surface area contributed by atoms with Crippen LogP contribution in [0.1, 0.15) is 0 Å². The molecular weight excluding hydrogens is 54.0 g/mol. The molecule has 0 saturated heterocycles. The number of hydrogen-bond donors (Lipinski definition) is 1. The summed E-state index contributed by atoms with van der Waals surface area (Å²) in [7, 11) is 0. The molecule has 4 heavy (non-hydrogen) atoms. The molecular formula is C2H6NO-. The van der Waals surface area contributed by atoms with Crippen molar-refractivity contribution in [3.63, 3.8) is 0 Å². The van der Waals surface area contributed by atoms with E-state index in [1.165, 1.54) is 0 Å². The van der Waals surface area contributed by atoms with Crippen LogP contribution >= 0.6 is 0 Å². The lowest BCUT2D eigenvalue weighted by molar-refractivity contribution is -0.363. The van der Waals surface area contributed by atoms with Gasteiger partial charge in [-0.25, -0.2) is 0 Å². The molecule has 0 aliphatic rings. The van der Waals surface area contributed by atoms with Crippen molar-refractivity contribution in [2.24, 2.45) is 5.73 Å². The SMILES string of the molecule is NCC[O-]. The lowest BCUT2D eigenvalue weighted by Crippen LogP contribution is -2.16. The first kappa shape index (κ1) is 3.92. The van der Waals surface area contributed by atoms with Gasteiger partial charge in [-0.05, 0) is 6.54 Å². The highest BCUT2D eigenvalue weighted by Crippen LogP contribution is 1.23. The molecule has 0 rings (SSSR count). The summed E-state index contributed by atoms with van der Waals surface area (Å²) in [4.78, 5) is 0. The number of nitrogens with two attached hydrogens (primary N) is 1. The van der Waals surface area contributed by atoms with Crippen molar-refractivity contribution in [3.8, 4) is 0 Å². The molecule has 2 nitrogen and oxygen atoms in total. The summed E-state index contributed by atoms with van der Waals surface area (Å²) in [5.74, 6) is 0. The van der Waals surface area contributed by atoms with Crippen LogP contribution < -0.4 is 10.8 Å². The Morgan fingerprint density at radius 1 is 1.75 bits per heavy atom. The van der Waals surface area contributed by atoms with Crippen LogP contribution in [-0.2, 0) is 0 Å². The van der Waals surface area contributed by atoms with Gasteiger partial charge in [0.2, 0.25) is 0 Å². The lowest BCUT2D eigenvalue weighted by atomic mass is 10.8. The average molecular weight is 60.1 g/mol. The maximum Gasteiger partial charge on any atom is -0.0231 e. The summed E-state index contributed by atoms with van der Waals surface area (Å²) >= 11 is 0. The first-order valence-corrected chi connectivity index (χ1v) is 1.20. The van der Waals surface area contributed by atoms with E-state index in [0.717, 1.165) is 0 Å². The van der Waals surface area contributed by atoms with E-state index in [2.05, 4.69) is 0 Å². The Morgan fingerprint density at radius 3 is 2.00 bits per heavy atom. The second-order valence-corrected chi connectivity index (χ2v) is 0.493. The number of hydrogen-bond acceptors (Lipinski definition) is 2. The number of rotatable bonds is 1. The highest BCUT2D eigenvalue weighted by molar-refractivity contribution is 4.15. The molecule has 0 amide bonds. The summed E-state index contributed by atoms with van der Waals surface area (Å²) in [6, 6.07) is 0. The first-order valence-electron chi connectivity index (χ1n) is 1.20. The van der Waals surface area contributed by atoms with E-state index < -0.39 is 0 Å². The molecule has 0 bridgehead atoms. The highest BCUT2D eigenvalue weighted by atomic mass is 16.3. The zero-order valence-electron chi connectivity index (χ0n) is 2.40. The van der Waals surface area contributed by atoms with Gasteiger partial charge in [0.05, 0.1) is 0 Å². The molecule has 0 fully saturated rings. The van der Waals surface area contributed by atoms with Crippen LogP contribution in [-0.4, -0.2) is 13.2 Å². The van der Waals surface area contributed by atoms with E-state index in [0.29, 0.717) is 0 Å². The van der Waals surface area contributed by atoms with Crippen molar-refractivity contribution in [1.29, 1.82) is 0 Å². The van der Waals surface area contributed by atoms with E-state index in [1.54, 1.807) is 0 Å². The summed E-state index contributed by atoms with van der Waals surface area (Å²) in [6.45, 7) is 0.111. The molecule has 0 aromatic carbocycles. The Balaban J connectivity index is 1.97. The third-order valence-corrected chi connectivity index (χ3v) is 0.118. The van der Waals surface area contributed by atoms with Gasteiger partial charge >= 0.3 is 0 Å². The van der Waals surface area contributed by atoms with Gasteiger partial charge in [-0.15, -0.1) is 6.61 Å². The first-order chi connectivity index (χ1) is 1.91. The van der Waals surface area contributed by atoms with Crippen molar-refractivity contribution in [3.05, 3.63) is 0 Å². The van der Waals surface area contributed by atoms with Crippen LogP contribution in [0.2, 0.25) is 0 Å². The molecule has 0 aromatic heterocycles. The quantitative estimate of drug-likeness (QED) is 0.392. The molecule has 2 heteroatoms. The monoisotopic (exact) mass is 60.0 g/mol. The fraction of sp³-hybridized carbons (Fsp3) is 1.00. The van der Waals surface area contributed by atoms with E-state index in [-0.39, 0.29) is 13.2 Å². The van der Waals surface area contributed by atoms with Crippen molar-refractivity contribution in [2.45, 2.75) is 0 Å². The van der Waals surface area contributed by atoms with Crippen molar-refractivity contribution >= 4 is 0 Å².